The number of benzene rings is 1. The number of carbonyl (C=O) groups is 4. The molecule has 5 unspecified atom stereocenters. The van der Waals surface area contributed by atoms with E-state index in [4.69, 9.17) is 9.47 Å². The predicted octanol–water partition coefficient (Wildman–Crippen LogP) is 4.13. The number of halogens is 3. The second-order valence-corrected chi connectivity index (χ2v) is 17.6. The SMILES string of the molecule is CC(C)(C)OC(=O)NC1CCCCCC=CC2CC2(C(=O)NS(=O)(=O)C2CC2)NC(=O)C2CC(Oc3nc4cc(F)ccc4nc3C(C)(F)F)CN2C1=O. The average Bonchev–Trinajstić information content (AvgIpc) is 3.98. The topological polar surface area (TPSA) is 186 Å². The quantitative estimate of drug-likeness (QED) is 0.346. The van der Waals surface area contributed by atoms with Crippen LogP contribution in [-0.4, -0.2) is 88.2 Å². The van der Waals surface area contributed by atoms with Crippen molar-refractivity contribution in [2.24, 2.45) is 5.92 Å². The summed E-state index contributed by atoms with van der Waals surface area (Å²) < 4.78 is 83.0. The number of amides is 4. The summed E-state index contributed by atoms with van der Waals surface area (Å²) in [5.41, 5.74) is -3.44. The lowest BCUT2D eigenvalue weighted by atomic mass is 10.0. The Morgan fingerprint density at radius 2 is 1.78 bits per heavy atom. The maximum absolute atomic E-state index is 14.9. The van der Waals surface area contributed by atoms with E-state index in [9.17, 15) is 40.8 Å². The Bertz CT molecular complexity index is 1960. The van der Waals surface area contributed by atoms with Gasteiger partial charge in [-0.2, -0.15) is 8.78 Å². The number of fused-ring (bicyclic) bond motifs is 3. The molecule has 2 aliphatic heterocycles. The zero-order valence-electron chi connectivity index (χ0n) is 30.5. The third-order valence-electron chi connectivity index (χ3n) is 9.82. The van der Waals surface area contributed by atoms with Gasteiger partial charge in [0, 0.05) is 25.3 Å². The summed E-state index contributed by atoms with van der Waals surface area (Å²) in [6.45, 7) is 5.24. The van der Waals surface area contributed by atoms with Crippen molar-refractivity contribution < 1.29 is 50.2 Å². The molecule has 2 aliphatic carbocycles. The van der Waals surface area contributed by atoms with Crippen LogP contribution in [0.4, 0.5) is 18.0 Å². The molecule has 1 saturated heterocycles. The number of aromatic nitrogens is 2. The maximum Gasteiger partial charge on any atom is 0.408 e. The van der Waals surface area contributed by atoms with Crippen LogP contribution in [0.2, 0.25) is 0 Å². The van der Waals surface area contributed by atoms with Crippen LogP contribution >= 0.6 is 0 Å². The summed E-state index contributed by atoms with van der Waals surface area (Å²) in [5.74, 6) is -7.81. The third-order valence-corrected chi connectivity index (χ3v) is 11.6. The van der Waals surface area contributed by atoms with Crippen LogP contribution in [0.5, 0.6) is 5.88 Å². The van der Waals surface area contributed by atoms with E-state index < -0.39 is 97.6 Å². The molecule has 294 valence electrons. The molecule has 1 aromatic carbocycles. The molecule has 54 heavy (non-hydrogen) atoms. The normalized spacial score (nSPS) is 26.8. The molecule has 6 rings (SSSR count). The minimum absolute atomic E-state index is 0.00900. The number of nitrogens with one attached hydrogen (secondary N) is 3. The summed E-state index contributed by atoms with van der Waals surface area (Å²) in [6.07, 6.45) is 4.98. The fourth-order valence-corrected chi connectivity index (χ4v) is 8.20. The first-order valence-corrected chi connectivity index (χ1v) is 19.7. The molecule has 4 aliphatic rings. The van der Waals surface area contributed by atoms with Gasteiger partial charge in [0.05, 0.1) is 22.8 Å². The number of hydrogen-bond acceptors (Lipinski definition) is 10. The van der Waals surface area contributed by atoms with Crippen LogP contribution in [0.15, 0.2) is 30.4 Å². The predicted molar refractivity (Wildman–Crippen MR) is 188 cm³/mol. The molecule has 2 aromatic rings. The Morgan fingerprint density at radius 1 is 1.04 bits per heavy atom. The number of alkyl carbamates (subject to hydrolysis) is 1. The molecule has 0 spiro atoms. The van der Waals surface area contributed by atoms with E-state index in [1.165, 1.54) is 6.07 Å². The molecule has 18 heteroatoms. The minimum Gasteiger partial charge on any atom is -0.471 e. The number of alkyl halides is 2. The van der Waals surface area contributed by atoms with E-state index in [2.05, 4.69) is 25.3 Å². The molecule has 14 nitrogen and oxygen atoms in total. The van der Waals surface area contributed by atoms with E-state index in [0.717, 1.165) is 17.0 Å². The highest BCUT2D eigenvalue weighted by Gasteiger charge is 2.62. The summed E-state index contributed by atoms with van der Waals surface area (Å²) >= 11 is 0. The second-order valence-electron chi connectivity index (χ2n) is 15.6. The Kier molecular flexibility index (Phi) is 10.6. The smallest absolute Gasteiger partial charge is 0.408 e. The van der Waals surface area contributed by atoms with Gasteiger partial charge in [-0.15, -0.1) is 0 Å². The van der Waals surface area contributed by atoms with Crippen LogP contribution in [0.25, 0.3) is 11.0 Å². The van der Waals surface area contributed by atoms with Crippen molar-refractivity contribution in [2.45, 2.75) is 126 Å². The van der Waals surface area contributed by atoms with E-state index in [0.29, 0.717) is 45.4 Å². The van der Waals surface area contributed by atoms with Crippen molar-refractivity contribution in [3.8, 4) is 5.88 Å². The highest BCUT2D eigenvalue weighted by Crippen LogP contribution is 2.46. The van der Waals surface area contributed by atoms with Gasteiger partial charge in [0.15, 0.2) is 5.69 Å². The number of rotatable bonds is 7. The molecular weight excluding hydrogens is 733 g/mol. The molecule has 3 N–H and O–H groups in total. The number of carbonyl (C=O) groups excluding carboxylic acids is 4. The number of nitrogens with zero attached hydrogens (tertiary/aromatic N) is 3. The highest BCUT2D eigenvalue weighted by atomic mass is 32.2. The highest BCUT2D eigenvalue weighted by molar-refractivity contribution is 7.91. The van der Waals surface area contributed by atoms with Gasteiger partial charge in [-0.05, 0) is 71.4 Å². The van der Waals surface area contributed by atoms with Crippen molar-refractivity contribution in [1.82, 2.24) is 30.2 Å². The minimum atomic E-state index is -3.98. The standard InChI is InChI=1S/C36H45F3N6O8S/c1-34(2,3)53-33(49)42-25-11-9-7-5-6-8-10-20-18-36(20,32(48)44-54(50,51)23-13-14-23)43-29(46)27-17-22(19-45(27)31(25)47)52-30-28(35(4,38)39)40-24-15-12-21(37)16-26(24)41-30/h8,10,12,15-16,20,22-23,25,27H,5-7,9,11,13-14,17-19H2,1-4H3,(H,42,49)(H,43,46)(H,44,48). The van der Waals surface area contributed by atoms with Gasteiger partial charge < -0.3 is 25.0 Å². The molecule has 0 bridgehead atoms. The van der Waals surface area contributed by atoms with Crippen molar-refractivity contribution in [2.75, 3.05) is 6.54 Å². The number of allylic oxidation sites excluding steroid dienone is 1. The van der Waals surface area contributed by atoms with Crippen molar-refractivity contribution in [1.29, 1.82) is 0 Å². The van der Waals surface area contributed by atoms with Gasteiger partial charge in [-0.3, -0.25) is 19.1 Å². The Labute approximate surface area is 311 Å². The van der Waals surface area contributed by atoms with E-state index >= 15 is 0 Å². The molecule has 1 aromatic heterocycles. The molecule has 4 amide bonds. The zero-order chi connectivity index (χ0) is 39.2. The fraction of sp³-hybridized carbons (Fsp3) is 0.611. The third kappa shape index (κ3) is 8.90. The summed E-state index contributed by atoms with van der Waals surface area (Å²) in [6, 6.07) is 0.735. The number of ether oxygens (including phenoxy) is 2. The first kappa shape index (κ1) is 39.2. The lowest BCUT2D eigenvalue weighted by molar-refractivity contribution is -0.141. The van der Waals surface area contributed by atoms with Crippen LogP contribution < -0.4 is 20.1 Å². The van der Waals surface area contributed by atoms with Gasteiger partial charge in [0.1, 0.15) is 35.1 Å². The van der Waals surface area contributed by atoms with E-state index in [1.54, 1.807) is 26.8 Å². The number of sulfonamides is 1. The molecule has 5 atom stereocenters. The summed E-state index contributed by atoms with van der Waals surface area (Å²) in [5, 5.41) is 4.65. The van der Waals surface area contributed by atoms with E-state index in [1.807, 2.05) is 6.08 Å². The first-order chi connectivity index (χ1) is 25.3. The largest absolute Gasteiger partial charge is 0.471 e. The van der Waals surface area contributed by atoms with Gasteiger partial charge in [-0.1, -0.05) is 25.0 Å². The van der Waals surface area contributed by atoms with Gasteiger partial charge in [0.2, 0.25) is 27.7 Å². The van der Waals surface area contributed by atoms with Crippen LogP contribution in [0.1, 0.15) is 91.2 Å². The molecule has 0 radical (unpaired) electrons. The Balaban J connectivity index is 1.34. The van der Waals surface area contributed by atoms with Gasteiger partial charge in [-0.25, -0.2) is 27.6 Å². The van der Waals surface area contributed by atoms with Gasteiger partial charge in [0.25, 0.3) is 11.8 Å². The molecule has 2 saturated carbocycles. The maximum atomic E-state index is 14.9. The monoisotopic (exact) mass is 778 g/mol. The first-order valence-electron chi connectivity index (χ1n) is 18.1. The van der Waals surface area contributed by atoms with Crippen molar-refractivity contribution in [3.05, 3.63) is 41.9 Å². The lowest BCUT2D eigenvalue weighted by Gasteiger charge is -2.30. The fourth-order valence-electron chi connectivity index (χ4n) is 6.83. The van der Waals surface area contributed by atoms with Crippen molar-refractivity contribution >= 4 is 44.9 Å². The Morgan fingerprint density at radius 3 is 2.46 bits per heavy atom. The Hall–Kier alpha value is -4.48. The van der Waals surface area contributed by atoms with Crippen LogP contribution in [-0.2, 0) is 35.1 Å². The zero-order valence-corrected chi connectivity index (χ0v) is 31.3. The lowest BCUT2D eigenvalue weighted by Crippen LogP contribution is -2.58. The van der Waals surface area contributed by atoms with E-state index in [-0.39, 0.29) is 36.8 Å². The average molecular weight is 779 g/mol. The number of hydrogen-bond donors (Lipinski definition) is 3. The summed E-state index contributed by atoms with van der Waals surface area (Å²) in [7, 11) is -3.98. The second kappa shape index (κ2) is 14.6. The molecule has 3 fully saturated rings. The summed E-state index contributed by atoms with van der Waals surface area (Å²) in [4.78, 5) is 64.5. The van der Waals surface area contributed by atoms with Crippen LogP contribution in [0.3, 0.4) is 0 Å². The molecular formula is C36H45F3N6O8S. The van der Waals surface area contributed by atoms with Crippen LogP contribution in [0, 0.1) is 11.7 Å². The van der Waals surface area contributed by atoms with Gasteiger partial charge >= 0.3 is 6.09 Å². The molecule has 3 heterocycles. The van der Waals surface area contributed by atoms with Crippen molar-refractivity contribution in [3.63, 3.8) is 0 Å².